The number of anilines is 3. The topological polar surface area (TPSA) is 194 Å². The second kappa shape index (κ2) is 14.0. The molecule has 3 saturated heterocycles. The number of hydrogen-bond donors (Lipinski definition) is 2. The molecule has 0 bridgehead atoms. The first kappa shape index (κ1) is 37.3. The van der Waals surface area contributed by atoms with Gasteiger partial charge in [0.25, 0.3) is 5.91 Å². The number of aliphatic hydroxyl groups is 1. The number of nitrogens with zero attached hydrogens (tertiary/aromatic N) is 6. The molecule has 2 unspecified atom stereocenters. The van der Waals surface area contributed by atoms with Crippen LogP contribution in [0.3, 0.4) is 0 Å². The molecule has 2 N–H and O–H groups in total. The number of benzene rings is 2. The third kappa shape index (κ3) is 6.48. The Kier molecular flexibility index (Phi) is 9.70. The van der Waals surface area contributed by atoms with Crippen LogP contribution in [0, 0.1) is 5.92 Å². The Hall–Kier alpha value is -4.97. The highest BCUT2D eigenvalue weighted by atomic mass is 28.4. The molecule has 1 spiro atoms. The molecule has 1 aromatic heterocycles. The van der Waals surface area contributed by atoms with E-state index < -0.39 is 55.9 Å². The molecular formula is C37H44N6O10Si. The van der Waals surface area contributed by atoms with Crippen LogP contribution in [-0.2, 0) is 63.3 Å². The first-order chi connectivity index (χ1) is 25.6. The van der Waals surface area contributed by atoms with Crippen molar-refractivity contribution in [2.24, 2.45) is 5.92 Å². The van der Waals surface area contributed by atoms with E-state index >= 15 is 4.79 Å². The number of carbonyl (C=O) groups excluding carboxylic acids is 5. The monoisotopic (exact) mass is 760 g/mol. The molecule has 5 heterocycles. The SMILES string of the molecule is CC(=O)OC1CC(=O)N1c1cccc(CN2C(=O)[C@@]3(O[C@@H](CCn4cc(CCO)nn4)[C@H]([Si](C)(C)O)[C@H]3C)c3cc(N4C(=O)CC4OC(C)=O)ccc32)c1. The van der Waals surface area contributed by atoms with Crippen molar-refractivity contribution in [1.29, 1.82) is 0 Å². The maximum absolute atomic E-state index is 15.1. The van der Waals surface area contributed by atoms with E-state index in [0.29, 0.717) is 53.3 Å². The Labute approximate surface area is 312 Å². The Morgan fingerprint density at radius 3 is 2.22 bits per heavy atom. The van der Waals surface area contributed by atoms with E-state index in [9.17, 15) is 29.1 Å². The van der Waals surface area contributed by atoms with Crippen LogP contribution >= 0.6 is 0 Å². The van der Waals surface area contributed by atoms with Crippen LogP contribution in [-0.4, -0.2) is 88.0 Å². The highest BCUT2D eigenvalue weighted by Gasteiger charge is 2.66. The van der Waals surface area contributed by atoms with E-state index in [1.165, 1.54) is 23.6 Å². The van der Waals surface area contributed by atoms with Gasteiger partial charge in [-0.2, -0.15) is 0 Å². The van der Waals surface area contributed by atoms with Gasteiger partial charge in [0.2, 0.25) is 11.8 Å². The summed E-state index contributed by atoms with van der Waals surface area (Å²) in [5.41, 5.74) is 1.44. The van der Waals surface area contributed by atoms with E-state index in [2.05, 4.69) is 10.3 Å². The van der Waals surface area contributed by atoms with Crippen molar-refractivity contribution in [3.8, 4) is 0 Å². The molecule has 286 valence electrons. The number of esters is 2. The Bertz CT molecular complexity index is 2020. The highest BCUT2D eigenvalue weighted by Crippen LogP contribution is 2.60. The molecule has 16 nitrogen and oxygen atoms in total. The zero-order valence-corrected chi connectivity index (χ0v) is 31.8. The van der Waals surface area contributed by atoms with Crippen LogP contribution in [0.1, 0.15) is 56.9 Å². The summed E-state index contributed by atoms with van der Waals surface area (Å²) in [5, 5.41) is 17.6. The lowest BCUT2D eigenvalue weighted by atomic mass is 9.82. The van der Waals surface area contributed by atoms with E-state index in [0.717, 1.165) is 0 Å². The lowest BCUT2D eigenvalue weighted by Gasteiger charge is -2.39. The van der Waals surface area contributed by atoms with Gasteiger partial charge in [0.05, 0.1) is 36.9 Å². The van der Waals surface area contributed by atoms with Crippen LogP contribution in [0.25, 0.3) is 0 Å². The van der Waals surface area contributed by atoms with Gasteiger partial charge in [0, 0.05) is 68.0 Å². The number of rotatable bonds is 12. The molecule has 4 aliphatic rings. The average Bonchev–Trinajstić information content (AvgIpc) is 3.73. The van der Waals surface area contributed by atoms with Gasteiger partial charge < -0.3 is 29.0 Å². The van der Waals surface area contributed by atoms with Gasteiger partial charge in [-0.15, -0.1) is 5.10 Å². The van der Waals surface area contributed by atoms with E-state index in [-0.39, 0.29) is 43.7 Å². The van der Waals surface area contributed by atoms with Gasteiger partial charge in [-0.05, 0) is 55.4 Å². The van der Waals surface area contributed by atoms with Crippen molar-refractivity contribution in [2.45, 2.75) is 102 Å². The summed E-state index contributed by atoms with van der Waals surface area (Å²) >= 11 is 0. The maximum Gasteiger partial charge on any atom is 0.304 e. The minimum atomic E-state index is -3.02. The molecule has 3 fully saturated rings. The van der Waals surface area contributed by atoms with E-state index in [4.69, 9.17) is 14.2 Å². The normalized spacial score (nSPS) is 26.2. The summed E-state index contributed by atoms with van der Waals surface area (Å²) in [5.74, 6) is -2.31. The number of aliphatic hydroxyl groups excluding tert-OH is 1. The zero-order valence-electron chi connectivity index (χ0n) is 30.8. The fraction of sp³-hybridized carbons (Fsp3) is 0.486. The summed E-state index contributed by atoms with van der Waals surface area (Å²) < 4.78 is 19.4. The third-order valence-corrected chi connectivity index (χ3v) is 13.3. The van der Waals surface area contributed by atoms with Gasteiger partial charge >= 0.3 is 11.9 Å². The smallest absolute Gasteiger partial charge is 0.304 e. The number of β-lactam (4-membered cyclic amide) rings is 2. The zero-order chi connectivity index (χ0) is 38.7. The number of hydrogen-bond acceptors (Lipinski definition) is 12. The van der Waals surface area contributed by atoms with Gasteiger partial charge in [0.15, 0.2) is 26.4 Å². The van der Waals surface area contributed by atoms with Gasteiger partial charge in [0.1, 0.15) is 0 Å². The quantitative estimate of drug-likeness (QED) is 0.156. The van der Waals surface area contributed by atoms with Gasteiger partial charge in [-0.3, -0.25) is 38.5 Å². The molecule has 54 heavy (non-hydrogen) atoms. The molecule has 6 atom stereocenters. The summed E-state index contributed by atoms with van der Waals surface area (Å²) in [6, 6.07) is 12.3. The second-order valence-electron chi connectivity index (χ2n) is 14.9. The van der Waals surface area contributed by atoms with Gasteiger partial charge in [-0.25, -0.2) is 0 Å². The minimum absolute atomic E-state index is 0.0324. The third-order valence-electron chi connectivity index (χ3n) is 10.8. The van der Waals surface area contributed by atoms with Crippen LogP contribution in [0.5, 0.6) is 0 Å². The predicted octanol–water partition coefficient (Wildman–Crippen LogP) is 2.50. The predicted molar refractivity (Wildman–Crippen MR) is 194 cm³/mol. The van der Waals surface area contributed by atoms with Crippen LogP contribution in [0.2, 0.25) is 18.6 Å². The number of aromatic nitrogens is 3. The molecule has 4 aliphatic heterocycles. The molecule has 0 saturated carbocycles. The van der Waals surface area contributed by atoms with Crippen LogP contribution in [0.4, 0.5) is 17.1 Å². The Morgan fingerprint density at radius 1 is 0.981 bits per heavy atom. The van der Waals surface area contributed by atoms with Crippen LogP contribution < -0.4 is 14.7 Å². The summed E-state index contributed by atoms with van der Waals surface area (Å²) in [7, 11) is -3.02. The second-order valence-corrected chi connectivity index (χ2v) is 18.9. The number of fused-ring (bicyclic) bond motifs is 2. The fourth-order valence-corrected chi connectivity index (χ4v) is 11.1. The molecule has 2 aromatic carbocycles. The van der Waals surface area contributed by atoms with Crippen molar-refractivity contribution < 1.29 is 48.1 Å². The standard InChI is InChI=1S/C37H44N6O10Si/c1-21-35(54(4,5)50)30(11-13-40-20-25(12-14-44)38-39-40)53-37(21)28-16-27(43-32(48)18-34(43)52-23(3)46)9-10-29(28)41(36(37)49)19-24-7-6-8-26(15-24)42-31(47)17-33(42)51-22(2)45/h6-10,15-16,20-21,30,33-35,44,50H,11-14,17-19H2,1-5H3/t21-,30+,33?,34?,35-,37+/m1/s1. The molecule has 3 aromatic rings. The van der Waals surface area contributed by atoms with Crippen molar-refractivity contribution in [3.05, 3.63) is 65.5 Å². The molecular weight excluding hydrogens is 717 g/mol. The number of aryl methyl sites for hydroxylation is 1. The number of amides is 3. The molecule has 7 rings (SSSR count). The Morgan fingerprint density at radius 2 is 1.63 bits per heavy atom. The lowest BCUT2D eigenvalue weighted by molar-refractivity contribution is -0.155. The van der Waals surface area contributed by atoms with E-state index in [1.807, 2.05) is 26.1 Å². The van der Waals surface area contributed by atoms with Crippen molar-refractivity contribution >= 4 is 55.0 Å². The summed E-state index contributed by atoms with van der Waals surface area (Å²) in [6.07, 6.45) is 0.577. The first-order valence-electron chi connectivity index (χ1n) is 18.1. The van der Waals surface area contributed by atoms with Crippen molar-refractivity contribution in [2.75, 3.05) is 21.3 Å². The van der Waals surface area contributed by atoms with Crippen molar-refractivity contribution in [1.82, 2.24) is 15.0 Å². The highest BCUT2D eigenvalue weighted by molar-refractivity contribution is 6.71. The lowest BCUT2D eigenvalue weighted by Crippen LogP contribution is -2.55. The Balaban J connectivity index is 1.26. The molecule has 17 heteroatoms. The van der Waals surface area contributed by atoms with Gasteiger partial charge in [-0.1, -0.05) is 24.3 Å². The summed E-state index contributed by atoms with van der Waals surface area (Å²) in [4.78, 5) is 80.3. The minimum Gasteiger partial charge on any atom is -0.441 e. The van der Waals surface area contributed by atoms with Crippen molar-refractivity contribution in [3.63, 3.8) is 0 Å². The van der Waals surface area contributed by atoms with E-state index in [1.54, 1.807) is 52.2 Å². The molecule has 0 radical (unpaired) electrons. The fourth-order valence-electron chi connectivity index (χ4n) is 8.53. The average molecular weight is 761 g/mol. The largest absolute Gasteiger partial charge is 0.441 e. The molecule has 0 aliphatic carbocycles. The molecule has 3 amide bonds. The number of ether oxygens (including phenoxy) is 3. The van der Waals surface area contributed by atoms with Crippen LogP contribution in [0.15, 0.2) is 48.7 Å². The number of carbonyl (C=O) groups is 5. The first-order valence-corrected chi connectivity index (χ1v) is 21.1. The summed E-state index contributed by atoms with van der Waals surface area (Å²) in [6.45, 7) is 8.58. The maximum atomic E-state index is 15.1.